The van der Waals surface area contributed by atoms with Crippen LogP contribution in [0.1, 0.15) is 35.7 Å². The highest BCUT2D eigenvalue weighted by Gasteiger charge is 2.26. The lowest BCUT2D eigenvalue weighted by molar-refractivity contribution is 0.0146. The average molecular weight is 390 g/mol. The van der Waals surface area contributed by atoms with Crippen molar-refractivity contribution >= 4 is 5.91 Å². The average Bonchev–Trinajstić information content (AvgIpc) is 3.25. The Hall–Kier alpha value is -2.92. The fourth-order valence-electron chi connectivity index (χ4n) is 3.74. The minimum Gasteiger partial charge on any atom is -0.436 e. The van der Waals surface area contributed by atoms with E-state index in [-0.39, 0.29) is 12.0 Å². The van der Waals surface area contributed by atoms with E-state index in [1.54, 1.807) is 6.20 Å². The number of benzene rings is 2. The van der Waals surface area contributed by atoms with Crippen molar-refractivity contribution in [2.24, 2.45) is 0 Å². The number of carbonyl (C=O) groups is 1. The molecule has 0 bridgehead atoms. The van der Waals surface area contributed by atoms with E-state index in [2.05, 4.69) is 11.9 Å². The van der Waals surface area contributed by atoms with Gasteiger partial charge in [-0.3, -0.25) is 4.79 Å². The number of ether oxygens (including phenoxy) is 1. The van der Waals surface area contributed by atoms with E-state index in [1.165, 1.54) is 5.56 Å². The Morgan fingerprint density at radius 2 is 1.86 bits per heavy atom. The topological polar surface area (TPSA) is 55.6 Å². The minimum absolute atomic E-state index is 0.0191. The van der Waals surface area contributed by atoms with Crippen molar-refractivity contribution in [3.05, 3.63) is 65.9 Å². The molecular formula is C24H26N2O3. The van der Waals surface area contributed by atoms with Gasteiger partial charge in [-0.1, -0.05) is 42.0 Å². The molecule has 0 aliphatic carbocycles. The van der Waals surface area contributed by atoms with Crippen molar-refractivity contribution in [3.63, 3.8) is 0 Å². The number of aryl methyl sites for hydroxylation is 1. The lowest BCUT2D eigenvalue weighted by Crippen LogP contribution is -2.41. The van der Waals surface area contributed by atoms with Crippen LogP contribution in [0.4, 0.5) is 0 Å². The molecule has 1 fully saturated rings. The fourth-order valence-corrected chi connectivity index (χ4v) is 3.74. The van der Waals surface area contributed by atoms with Gasteiger partial charge in [0.2, 0.25) is 5.89 Å². The zero-order valence-corrected chi connectivity index (χ0v) is 16.9. The maximum atomic E-state index is 13.2. The lowest BCUT2D eigenvalue weighted by Gasteiger charge is -2.32. The van der Waals surface area contributed by atoms with Gasteiger partial charge in [-0.25, -0.2) is 4.98 Å². The first-order valence-electron chi connectivity index (χ1n) is 10.2. The molecule has 1 aliphatic heterocycles. The Morgan fingerprint density at radius 3 is 2.59 bits per heavy atom. The monoisotopic (exact) mass is 390 g/mol. The van der Waals surface area contributed by atoms with Gasteiger partial charge in [0.25, 0.3) is 5.91 Å². The van der Waals surface area contributed by atoms with Gasteiger partial charge in [0.15, 0.2) is 5.76 Å². The standard InChI is InChI=1S/C24H26N2O3/c1-3-28-19-12-14-26(15-13-19)24(27)21-7-5-4-6-20(21)23-25-16-22(29-23)18-10-8-17(2)9-11-18/h4-11,16,19H,3,12-15H2,1-2H3. The number of nitrogens with zero attached hydrogens (tertiary/aromatic N) is 2. The number of hydrogen-bond donors (Lipinski definition) is 0. The molecule has 4 rings (SSSR count). The van der Waals surface area contributed by atoms with E-state index in [9.17, 15) is 4.79 Å². The smallest absolute Gasteiger partial charge is 0.254 e. The van der Waals surface area contributed by atoms with Crippen molar-refractivity contribution in [2.45, 2.75) is 32.8 Å². The van der Waals surface area contributed by atoms with Crippen LogP contribution in [0.5, 0.6) is 0 Å². The van der Waals surface area contributed by atoms with Gasteiger partial charge in [-0.15, -0.1) is 0 Å². The van der Waals surface area contributed by atoms with Gasteiger partial charge in [0.05, 0.1) is 17.9 Å². The molecule has 0 saturated carbocycles. The van der Waals surface area contributed by atoms with Gasteiger partial charge >= 0.3 is 0 Å². The third kappa shape index (κ3) is 4.25. The molecule has 5 nitrogen and oxygen atoms in total. The molecule has 0 unspecified atom stereocenters. The predicted molar refractivity (Wildman–Crippen MR) is 113 cm³/mol. The maximum absolute atomic E-state index is 13.2. The van der Waals surface area contributed by atoms with Crippen molar-refractivity contribution < 1.29 is 13.9 Å². The SMILES string of the molecule is CCOC1CCN(C(=O)c2ccccc2-c2ncc(-c3ccc(C)cc3)o2)CC1. The highest BCUT2D eigenvalue weighted by molar-refractivity contribution is 6.00. The van der Waals surface area contributed by atoms with E-state index in [1.807, 2.05) is 60.4 Å². The van der Waals surface area contributed by atoms with Crippen LogP contribution in [0.15, 0.2) is 59.1 Å². The molecule has 2 aromatic carbocycles. The Balaban J connectivity index is 1.56. The largest absolute Gasteiger partial charge is 0.436 e. The molecule has 0 radical (unpaired) electrons. The lowest BCUT2D eigenvalue weighted by atomic mass is 10.0. The molecule has 0 N–H and O–H groups in total. The number of hydrogen-bond acceptors (Lipinski definition) is 4. The Bertz CT molecular complexity index is 970. The molecule has 5 heteroatoms. The summed E-state index contributed by atoms with van der Waals surface area (Å²) in [4.78, 5) is 19.5. The van der Waals surface area contributed by atoms with Crippen molar-refractivity contribution in [1.29, 1.82) is 0 Å². The van der Waals surface area contributed by atoms with Gasteiger partial charge < -0.3 is 14.1 Å². The van der Waals surface area contributed by atoms with Crippen LogP contribution in [-0.2, 0) is 4.74 Å². The van der Waals surface area contributed by atoms with E-state index in [0.29, 0.717) is 30.3 Å². The second-order valence-electron chi connectivity index (χ2n) is 7.39. The predicted octanol–water partition coefficient (Wildman–Crippen LogP) is 4.96. The summed E-state index contributed by atoms with van der Waals surface area (Å²) in [5, 5.41) is 0. The number of amides is 1. The molecule has 1 aromatic heterocycles. The van der Waals surface area contributed by atoms with Gasteiger partial charge in [0, 0.05) is 30.8 Å². The second-order valence-corrected chi connectivity index (χ2v) is 7.39. The molecule has 3 aromatic rings. The van der Waals surface area contributed by atoms with Crippen molar-refractivity contribution in [1.82, 2.24) is 9.88 Å². The number of carbonyl (C=O) groups excluding carboxylic acids is 1. The highest BCUT2D eigenvalue weighted by atomic mass is 16.5. The Kier molecular flexibility index (Phi) is 5.76. The summed E-state index contributed by atoms with van der Waals surface area (Å²) in [6.07, 6.45) is 3.72. The normalized spacial score (nSPS) is 14.9. The van der Waals surface area contributed by atoms with Crippen molar-refractivity contribution in [3.8, 4) is 22.8 Å². The molecule has 0 spiro atoms. The zero-order chi connectivity index (χ0) is 20.2. The van der Waals surface area contributed by atoms with Gasteiger partial charge in [-0.2, -0.15) is 0 Å². The first-order chi connectivity index (χ1) is 14.2. The molecule has 1 saturated heterocycles. The van der Waals surface area contributed by atoms with Gasteiger partial charge in [-0.05, 0) is 38.8 Å². The van der Waals surface area contributed by atoms with Crippen LogP contribution in [0.25, 0.3) is 22.8 Å². The summed E-state index contributed by atoms with van der Waals surface area (Å²) in [5.41, 5.74) is 3.51. The van der Waals surface area contributed by atoms with E-state index < -0.39 is 0 Å². The summed E-state index contributed by atoms with van der Waals surface area (Å²) in [7, 11) is 0. The number of aromatic nitrogens is 1. The first-order valence-corrected chi connectivity index (χ1v) is 10.2. The van der Waals surface area contributed by atoms with Crippen LogP contribution >= 0.6 is 0 Å². The summed E-state index contributed by atoms with van der Waals surface area (Å²) < 4.78 is 11.7. The summed E-state index contributed by atoms with van der Waals surface area (Å²) in [5.74, 6) is 1.18. The minimum atomic E-state index is 0.0191. The first kappa shape index (κ1) is 19.4. The fraction of sp³-hybridized carbons (Fsp3) is 0.333. The van der Waals surface area contributed by atoms with Crippen LogP contribution in [0, 0.1) is 6.92 Å². The summed E-state index contributed by atoms with van der Waals surface area (Å²) in [6, 6.07) is 15.6. The molecule has 1 amide bonds. The van der Waals surface area contributed by atoms with Crippen LogP contribution in [-0.4, -0.2) is 41.6 Å². The van der Waals surface area contributed by atoms with E-state index >= 15 is 0 Å². The number of oxazole rings is 1. The molecule has 150 valence electrons. The number of rotatable bonds is 5. The third-order valence-corrected chi connectivity index (χ3v) is 5.36. The Morgan fingerprint density at radius 1 is 1.14 bits per heavy atom. The number of piperidine rings is 1. The van der Waals surface area contributed by atoms with E-state index in [0.717, 1.165) is 30.6 Å². The van der Waals surface area contributed by atoms with E-state index in [4.69, 9.17) is 9.15 Å². The molecule has 0 atom stereocenters. The maximum Gasteiger partial charge on any atom is 0.254 e. The zero-order valence-electron chi connectivity index (χ0n) is 16.9. The summed E-state index contributed by atoms with van der Waals surface area (Å²) in [6.45, 7) is 6.19. The van der Waals surface area contributed by atoms with Crippen LogP contribution in [0.2, 0.25) is 0 Å². The van der Waals surface area contributed by atoms with Gasteiger partial charge in [0.1, 0.15) is 0 Å². The van der Waals surface area contributed by atoms with Crippen molar-refractivity contribution in [2.75, 3.05) is 19.7 Å². The molecule has 29 heavy (non-hydrogen) atoms. The quantitative estimate of drug-likeness (QED) is 0.618. The third-order valence-electron chi connectivity index (χ3n) is 5.36. The molecule has 2 heterocycles. The Labute approximate surface area is 171 Å². The summed E-state index contributed by atoms with van der Waals surface area (Å²) >= 11 is 0. The van der Waals surface area contributed by atoms with Crippen LogP contribution < -0.4 is 0 Å². The molecular weight excluding hydrogens is 364 g/mol. The highest BCUT2D eigenvalue weighted by Crippen LogP contribution is 2.29. The molecule has 1 aliphatic rings. The second kappa shape index (κ2) is 8.62. The van der Waals surface area contributed by atoms with Crippen LogP contribution in [0.3, 0.4) is 0 Å². The number of likely N-dealkylation sites (tertiary alicyclic amines) is 1.